The predicted octanol–water partition coefficient (Wildman–Crippen LogP) is 3.59. The third-order valence-corrected chi connectivity index (χ3v) is 4.49. The summed E-state index contributed by atoms with van der Waals surface area (Å²) in [6.07, 6.45) is -0.0803. The number of halogens is 1. The third-order valence-electron chi connectivity index (χ3n) is 1.74. The monoisotopic (exact) mass is 274 g/mol. The Morgan fingerprint density at radius 3 is 1.82 bits per heavy atom. The fraction of sp³-hybridized carbons (Fsp3) is 0.500. The molecule has 0 radical (unpaired) electrons. The molecule has 0 unspecified atom stereocenters. The Morgan fingerprint density at radius 1 is 0.941 bits per heavy atom. The van der Waals surface area contributed by atoms with Crippen molar-refractivity contribution in [3.63, 3.8) is 0 Å². The third kappa shape index (κ3) is 5.54. The molecule has 0 amide bonds. The lowest BCUT2D eigenvalue weighted by Gasteiger charge is -2.27. The van der Waals surface area contributed by atoms with Crippen LogP contribution in [0.2, 0.25) is 0 Å². The van der Waals surface area contributed by atoms with Crippen molar-refractivity contribution >= 4 is 19.2 Å². The van der Waals surface area contributed by atoms with Gasteiger partial charge in [0.2, 0.25) is 0 Å². The van der Waals surface area contributed by atoms with E-state index in [0.29, 0.717) is 5.75 Å². The standard InChI is InChI=1S/C12H19ClO3Si/c1-10(2)14-17(13,15-11(3)4)16-12-8-6-5-7-9-12/h5-11H,1-4H3. The van der Waals surface area contributed by atoms with Crippen molar-refractivity contribution in [1.82, 2.24) is 0 Å². The largest absolute Gasteiger partial charge is 0.680 e. The predicted molar refractivity (Wildman–Crippen MR) is 71.1 cm³/mol. The maximum absolute atomic E-state index is 6.34. The van der Waals surface area contributed by atoms with Gasteiger partial charge in [0.15, 0.2) is 0 Å². The second kappa shape index (κ2) is 6.40. The number of para-hydroxylation sites is 1. The van der Waals surface area contributed by atoms with Gasteiger partial charge in [-0.15, -0.1) is 0 Å². The Kier molecular flexibility index (Phi) is 5.46. The average molecular weight is 275 g/mol. The van der Waals surface area contributed by atoms with Gasteiger partial charge in [0.1, 0.15) is 5.75 Å². The van der Waals surface area contributed by atoms with Gasteiger partial charge in [-0.05, 0) is 39.8 Å². The molecule has 0 N–H and O–H groups in total. The number of hydrogen-bond donors (Lipinski definition) is 0. The van der Waals surface area contributed by atoms with Crippen molar-refractivity contribution in [3.8, 4) is 5.75 Å². The van der Waals surface area contributed by atoms with E-state index in [-0.39, 0.29) is 12.2 Å². The van der Waals surface area contributed by atoms with Crippen LogP contribution < -0.4 is 4.43 Å². The summed E-state index contributed by atoms with van der Waals surface area (Å²) in [6.45, 7) is 7.62. The highest BCUT2D eigenvalue weighted by Gasteiger charge is 2.44. The van der Waals surface area contributed by atoms with Crippen molar-refractivity contribution in [1.29, 1.82) is 0 Å². The zero-order chi connectivity index (χ0) is 12.9. The van der Waals surface area contributed by atoms with Crippen LogP contribution in [0.1, 0.15) is 27.7 Å². The van der Waals surface area contributed by atoms with Gasteiger partial charge in [-0.2, -0.15) is 0 Å². The molecule has 0 bridgehead atoms. The second-order valence-electron chi connectivity index (χ2n) is 4.23. The lowest BCUT2D eigenvalue weighted by molar-refractivity contribution is 0.0742. The maximum atomic E-state index is 6.34. The molecule has 0 aliphatic carbocycles. The van der Waals surface area contributed by atoms with E-state index in [1.54, 1.807) is 0 Å². The Hall–Kier alpha value is -0.553. The molecule has 1 aromatic carbocycles. The smallest absolute Gasteiger partial charge is 0.490 e. The topological polar surface area (TPSA) is 27.7 Å². The summed E-state index contributed by atoms with van der Waals surface area (Å²) in [5.41, 5.74) is 0. The van der Waals surface area contributed by atoms with Crippen molar-refractivity contribution in [2.75, 3.05) is 0 Å². The summed E-state index contributed by atoms with van der Waals surface area (Å²) in [5, 5.41) is 0. The molecule has 5 heteroatoms. The Morgan fingerprint density at radius 2 is 1.41 bits per heavy atom. The minimum Gasteiger partial charge on any atom is -0.490 e. The lowest BCUT2D eigenvalue weighted by atomic mass is 10.3. The highest BCUT2D eigenvalue weighted by molar-refractivity contribution is 7.09. The number of benzene rings is 1. The van der Waals surface area contributed by atoms with Crippen LogP contribution in [-0.4, -0.2) is 20.3 Å². The molecule has 0 heterocycles. The van der Waals surface area contributed by atoms with E-state index in [2.05, 4.69) is 0 Å². The summed E-state index contributed by atoms with van der Waals surface area (Å²) >= 11 is 6.34. The van der Waals surface area contributed by atoms with E-state index in [4.69, 9.17) is 24.4 Å². The number of hydrogen-bond acceptors (Lipinski definition) is 3. The Bertz CT molecular complexity index is 320. The fourth-order valence-corrected chi connectivity index (χ4v) is 4.30. The first kappa shape index (κ1) is 14.5. The quantitative estimate of drug-likeness (QED) is 0.586. The van der Waals surface area contributed by atoms with Crippen molar-refractivity contribution in [2.24, 2.45) is 0 Å². The van der Waals surface area contributed by atoms with Crippen molar-refractivity contribution < 1.29 is 13.3 Å². The van der Waals surface area contributed by atoms with E-state index >= 15 is 0 Å². The summed E-state index contributed by atoms with van der Waals surface area (Å²) in [5.74, 6) is 0.662. The second-order valence-corrected chi connectivity index (χ2v) is 7.26. The van der Waals surface area contributed by atoms with Crippen molar-refractivity contribution in [2.45, 2.75) is 39.9 Å². The van der Waals surface area contributed by atoms with Crippen LogP contribution in [0.15, 0.2) is 30.3 Å². The molecule has 0 spiro atoms. The molecule has 96 valence electrons. The molecule has 0 aliphatic heterocycles. The van der Waals surface area contributed by atoms with Crippen LogP contribution >= 0.6 is 11.1 Å². The summed E-state index contributed by atoms with van der Waals surface area (Å²) < 4.78 is 16.9. The van der Waals surface area contributed by atoms with Gasteiger partial charge in [-0.25, -0.2) is 0 Å². The van der Waals surface area contributed by atoms with Crippen LogP contribution in [-0.2, 0) is 8.85 Å². The van der Waals surface area contributed by atoms with Crippen LogP contribution in [0.25, 0.3) is 0 Å². The van der Waals surface area contributed by atoms with E-state index in [9.17, 15) is 0 Å². The van der Waals surface area contributed by atoms with Crippen LogP contribution in [0.5, 0.6) is 5.75 Å². The fourth-order valence-electron chi connectivity index (χ4n) is 1.27. The highest BCUT2D eigenvalue weighted by Crippen LogP contribution is 2.23. The lowest BCUT2D eigenvalue weighted by Crippen LogP contribution is -2.46. The molecule has 1 aromatic rings. The summed E-state index contributed by atoms with van der Waals surface area (Å²) in [6, 6.07) is 9.34. The van der Waals surface area contributed by atoms with E-state index in [1.807, 2.05) is 58.0 Å². The van der Waals surface area contributed by atoms with Gasteiger partial charge in [0, 0.05) is 12.2 Å². The molecule has 0 saturated heterocycles. The molecule has 0 aromatic heterocycles. The molecule has 0 aliphatic rings. The van der Waals surface area contributed by atoms with Gasteiger partial charge in [0.05, 0.1) is 0 Å². The van der Waals surface area contributed by atoms with Gasteiger partial charge in [-0.1, -0.05) is 29.3 Å². The maximum Gasteiger partial charge on any atom is 0.680 e. The van der Waals surface area contributed by atoms with E-state index in [1.165, 1.54) is 0 Å². The van der Waals surface area contributed by atoms with Gasteiger partial charge < -0.3 is 13.3 Å². The van der Waals surface area contributed by atoms with Crippen LogP contribution in [0.3, 0.4) is 0 Å². The normalized spacial score (nSPS) is 12.2. The minimum atomic E-state index is -3.14. The van der Waals surface area contributed by atoms with E-state index < -0.39 is 8.11 Å². The van der Waals surface area contributed by atoms with Gasteiger partial charge >= 0.3 is 8.11 Å². The average Bonchev–Trinajstić information content (AvgIpc) is 2.15. The molecular formula is C12H19ClO3Si. The molecule has 3 nitrogen and oxygen atoms in total. The first-order chi connectivity index (χ1) is 7.91. The van der Waals surface area contributed by atoms with E-state index in [0.717, 1.165) is 0 Å². The molecule has 0 atom stereocenters. The summed E-state index contributed by atoms with van der Waals surface area (Å²) in [7, 11) is -3.14. The highest BCUT2D eigenvalue weighted by atomic mass is 35.6. The molecule has 0 saturated carbocycles. The molecular weight excluding hydrogens is 256 g/mol. The molecule has 17 heavy (non-hydrogen) atoms. The van der Waals surface area contributed by atoms with Gasteiger partial charge in [0.25, 0.3) is 0 Å². The molecule has 1 rings (SSSR count). The van der Waals surface area contributed by atoms with Gasteiger partial charge in [-0.3, -0.25) is 0 Å². The van der Waals surface area contributed by atoms with Crippen LogP contribution in [0, 0.1) is 0 Å². The zero-order valence-electron chi connectivity index (χ0n) is 10.6. The number of rotatable bonds is 6. The SMILES string of the molecule is CC(C)O[Si](Cl)(Oc1ccccc1)OC(C)C. The Balaban J connectivity index is 2.76. The zero-order valence-corrected chi connectivity index (χ0v) is 12.4. The Labute approximate surface area is 109 Å². The first-order valence-corrected chi connectivity index (χ1v) is 8.43. The first-order valence-electron chi connectivity index (χ1n) is 5.70. The summed E-state index contributed by atoms with van der Waals surface area (Å²) in [4.78, 5) is 0. The molecule has 0 fully saturated rings. The minimum absolute atomic E-state index is 0.0402. The van der Waals surface area contributed by atoms with Crippen molar-refractivity contribution in [3.05, 3.63) is 30.3 Å². The van der Waals surface area contributed by atoms with Crippen LogP contribution in [0.4, 0.5) is 0 Å².